The van der Waals surface area contributed by atoms with Gasteiger partial charge in [0.2, 0.25) is 5.60 Å². The van der Waals surface area contributed by atoms with Crippen LogP contribution in [0.1, 0.15) is 27.0 Å². The van der Waals surface area contributed by atoms with Crippen LogP contribution in [0.3, 0.4) is 0 Å². The molecule has 7 nitrogen and oxygen atoms in total. The second-order valence-corrected chi connectivity index (χ2v) is 8.96. The number of nitrogens with one attached hydrogen (secondary N) is 2. The van der Waals surface area contributed by atoms with Crippen LogP contribution in [-0.2, 0) is 20.1 Å². The smallest absolute Gasteiger partial charge is 0.338 e. The van der Waals surface area contributed by atoms with Crippen molar-refractivity contribution in [2.45, 2.75) is 24.7 Å². The predicted octanol–water partition coefficient (Wildman–Crippen LogP) is 4.14. The van der Waals surface area contributed by atoms with E-state index >= 15 is 0 Å². The summed E-state index contributed by atoms with van der Waals surface area (Å²) in [6, 6.07) is 7.07. The van der Waals surface area contributed by atoms with E-state index in [2.05, 4.69) is 16.7 Å². The number of rotatable bonds is 5. The van der Waals surface area contributed by atoms with Gasteiger partial charge < -0.3 is 5.32 Å². The summed E-state index contributed by atoms with van der Waals surface area (Å²) in [4.78, 5) is 35.2. The third-order valence-electron chi connectivity index (χ3n) is 5.65. The Bertz CT molecular complexity index is 1290. The predicted molar refractivity (Wildman–Crippen MR) is 125 cm³/mol. The van der Waals surface area contributed by atoms with Crippen LogP contribution in [-0.4, -0.2) is 42.2 Å². The van der Waals surface area contributed by atoms with Gasteiger partial charge in [0.05, 0.1) is 5.70 Å². The van der Waals surface area contributed by atoms with Crippen molar-refractivity contribution < 1.29 is 32.4 Å². The van der Waals surface area contributed by atoms with E-state index in [0.717, 1.165) is 23.3 Å². The molecule has 2 unspecified atom stereocenters. The summed E-state index contributed by atoms with van der Waals surface area (Å²) in [5, 5.41) is 3.60. The first-order valence-corrected chi connectivity index (χ1v) is 11.2. The molecule has 2 aliphatic heterocycles. The lowest BCUT2D eigenvalue weighted by atomic mass is 9.91. The van der Waals surface area contributed by atoms with Crippen LogP contribution in [0.15, 0.2) is 42.5 Å². The molecule has 0 spiro atoms. The summed E-state index contributed by atoms with van der Waals surface area (Å²) < 4.78 is 42.6. The number of terminal acetylenes is 1. The third kappa shape index (κ3) is 4.75. The fourth-order valence-corrected chi connectivity index (χ4v) is 4.38. The van der Waals surface area contributed by atoms with Crippen molar-refractivity contribution in [3.05, 3.63) is 74.8 Å². The highest BCUT2D eigenvalue weighted by Gasteiger charge is 2.59. The lowest BCUT2D eigenvalue weighted by Crippen LogP contribution is -2.42. The van der Waals surface area contributed by atoms with E-state index in [1.54, 1.807) is 6.92 Å². The first-order chi connectivity index (χ1) is 16.9. The second-order valence-electron chi connectivity index (χ2n) is 8.08. The van der Waals surface area contributed by atoms with E-state index in [0.29, 0.717) is 11.1 Å². The lowest BCUT2D eigenvalue weighted by Gasteiger charge is -2.28. The summed E-state index contributed by atoms with van der Waals surface area (Å²) >= 11 is 11.9. The van der Waals surface area contributed by atoms with E-state index in [4.69, 9.17) is 39.3 Å². The Hall–Kier alpha value is -3.23. The number of benzene rings is 2. The molecule has 0 saturated carbocycles. The number of hydrogen-bond acceptors (Lipinski definition) is 5. The van der Waals surface area contributed by atoms with Crippen LogP contribution in [0.4, 0.5) is 13.2 Å². The zero-order valence-corrected chi connectivity index (χ0v) is 20.1. The summed E-state index contributed by atoms with van der Waals surface area (Å²) in [5.41, 5.74) is 0.244. The van der Waals surface area contributed by atoms with Crippen molar-refractivity contribution in [2.24, 2.45) is 0 Å². The average molecular weight is 540 g/mol. The molecule has 2 aromatic carbocycles. The molecule has 0 aromatic heterocycles. The van der Waals surface area contributed by atoms with Crippen molar-refractivity contribution in [3.8, 4) is 12.3 Å². The maximum Gasteiger partial charge on any atom is 0.428 e. The number of aryl methyl sites for hydroxylation is 1. The van der Waals surface area contributed by atoms with Gasteiger partial charge >= 0.3 is 6.18 Å². The highest BCUT2D eigenvalue weighted by atomic mass is 35.5. The summed E-state index contributed by atoms with van der Waals surface area (Å²) in [6.45, 7) is 1.49. The number of amides is 2. The Morgan fingerprint density at radius 2 is 1.97 bits per heavy atom. The van der Waals surface area contributed by atoms with Gasteiger partial charge in [0, 0.05) is 21.2 Å². The standard InChI is InChI=1S/C24H18Cl2F3N3O4/c1-3-6-32-22(34)20(12-35-32)30-21(33)18-5-4-14(7-13(18)2)19-11-23(36-31-19,24(27,28)29)15-8-16(25)10-17(26)9-15/h1,4-5,7-11,20,31H,6,12H2,2H3,(H,30,33). The van der Waals surface area contributed by atoms with Gasteiger partial charge in [-0.15, -0.1) is 6.42 Å². The molecule has 12 heteroatoms. The summed E-state index contributed by atoms with van der Waals surface area (Å²) in [5.74, 6) is 1.26. The Balaban J connectivity index is 1.59. The molecule has 2 heterocycles. The number of nitrogens with zero attached hydrogens (tertiary/aromatic N) is 1. The van der Waals surface area contributed by atoms with Crippen molar-refractivity contribution in [2.75, 3.05) is 13.2 Å². The topological polar surface area (TPSA) is 79.9 Å². The van der Waals surface area contributed by atoms with Crippen LogP contribution < -0.4 is 10.8 Å². The summed E-state index contributed by atoms with van der Waals surface area (Å²) in [6.07, 6.45) is 1.21. The number of hydroxylamine groups is 3. The molecule has 0 bridgehead atoms. The number of halogens is 5. The average Bonchev–Trinajstić information content (AvgIpc) is 3.39. The molecular formula is C24H18Cl2F3N3O4. The van der Waals surface area contributed by atoms with Gasteiger partial charge in [0.1, 0.15) is 19.2 Å². The Morgan fingerprint density at radius 1 is 1.28 bits per heavy atom. The number of alkyl halides is 3. The van der Waals surface area contributed by atoms with Crippen LogP contribution >= 0.6 is 23.2 Å². The first-order valence-electron chi connectivity index (χ1n) is 10.4. The van der Waals surface area contributed by atoms with E-state index in [1.807, 2.05) is 0 Å². The van der Waals surface area contributed by atoms with Gasteiger partial charge in [-0.3, -0.25) is 24.7 Å². The number of hydrogen-bond donors (Lipinski definition) is 2. The molecule has 188 valence electrons. The Morgan fingerprint density at radius 3 is 2.58 bits per heavy atom. The molecule has 2 N–H and O–H groups in total. The maximum atomic E-state index is 14.2. The van der Waals surface area contributed by atoms with Gasteiger partial charge in [0.15, 0.2) is 0 Å². The van der Waals surface area contributed by atoms with E-state index in [1.165, 1.54) is 24.3 Å². The molecule has 2 atom stereocenters. The SMILES string of the molecule is C#CCN1OCC(NC(=O)c2ccc(C3=CC(c4cc(Cl)cc(Cl)c4)(C(F)(F)F)ON3)cc2C)C1=O. The normalized spacial score (nSPS) is 21.7. The third-order valence-corrected chi connectivity index (χ3v) is 6.08. The fourth-order valence-electron chi connectivity index (χ4n) is 3.86. The Labute approximate surface area is 214 Å². The van der Waals surface area contributed by atoms with E-state index < -0.39 is 29.6 Å². The molecule has 0 aliphatic carbocycles. The molecule has 0 radical (unpaired) electrons. The lowest BCUT2D eigenvalue weighted by molar-refractivity contribution is -0.269. The zero-order chi connectivity index (χ0) is 26.3. The summed E-state index contributed by atoms with van der Waals surface area (Å²) in [7, 11) is 0. The highest BCUT2D eigenvalue weighted by molar-refractivity contribution is 6.34. The molecule has 2 amide bonds. The first kappa shape index (κ1) is 25.9. The van der Waals surface area contributed by atoms with Gasteiger partial charge in [-0.1, -0.05) is 35.2 Å². The highest BCUT2D eigenvalue weighted by Crippen LogP contribution is 2.48. The van der Waals surface area contributed by atoms with Crippen LogP contribution in [0, 0.1) is 19.3 Å². The van der Waals surface area contributed by atoms with E-state index in [9.17, 15) is 22.8 Å². The minimum absolute atomic E-state index is 0.0198. The molecule has 36 heavy (non-hydrogen) atoms. The van der Waals surface area contributed by atoms with Crippen molar-refractivity contribution in [1.29, 1.82) is 0 Å². The van der Waals surface area contributed by atoms with Gasteiger partial charge in [-0.25, -0.2) is 5.06 Å². The second kappa shape index (κ2) is 9.67. The van der Waals surface area contributed by atoms with E-state index in [-0.39, 0.29) is 40.0 Å². The number of carbonyl (C=O) groups is 2. The molecule has 1 saturated heterocycles. The number of carbonyl (C=O) groups excluding carboxylic acids is 2. The zero-order valence-electron chi connectivity index (χ0n) is 18.6. The van der Waals surface area contributed by atoms with Gasteiger partial charge in [0.25, 0.3) is 11.8 Å². The van der Waals surface area contributed by atoms with Crippen molar-refractivity contribution >= 4 is 40.7 Å². The van der Waals surface area contributed by atoms with Crippen LogP contribution in [0.25, 0.3) is 5.70 Å². The Kier molecular flexibility index (Phi) is 6.94. The minimum Gasteiger partial charge on any atom is -0.338 e. The molecule has 2 aromatic rings. The van der Waals surface area contributed by atoms with Crippen LogP contribution in [0.5, 0.6) is 0 Å². The molecule has 4 rings (SSSR count). The maximum absolute atomic E-state index is 14.2. The van der Waals surface area contributed by atoms with Crippen LogP contribution in [0.2, 0.25) is 10.0 Å². The van der Waals surface area contributed by atoms with Crippen molar-refractivity contribution in [1.82, 2.24) is 15.9 Å². The quantitative estimate of drug-likeness (QED) is 0.558. The largest absolute Gasteiger partial charge is 0.428 e. The minimum atomic E-state index is -4.85. The molecular weight excluding hydrogens is 522 g/mol. The monoisotopic (exact) mass is 539 g/mol. The molecule has 2 aliphatic rings. The fraction of sp³-hybridized carbons (Fsp3) is 0.250. The van der Waals surface area contributed by atoms with Gasteiger partial charge in [-0.05, 0) is 54.5 Å². The van der Waals surface area contributed by atoms with Crippen molar-refractivity contribution in [3.63, 3.8) is 0 Å². The van der Waals surface area contributed by atoms with Gasteiger partial charge in [-0.2, -0.15) is 13.2 Å². The molecule has 1 fully saturated rings.